The molecule has 1 saturated heterocycles. The minimum Gasteiger partial charge on any atom is -0.492 e. The van der Waals surface area contributed by atoms with Gasteiger partial charge in [0, 0.05) is 29.9 Å². The van der Waals surface area contributed by atoms with E-state index in [2.05, 4.69) is 40.4 Å². The zero-order chi connectivity index (χ0) is 23.1. The molecule has 2 aromatic rings. The average molecular weight is 518 g/mol. The van der Waals surface area contributed by atoms with E-state index in [1.54, 1.807) is 42.5 Å². The van der Waals surface area contributed by atoms with Gasteiger partial charge in [0.25, 0.3) is 11.8 Å². The van der Waals surface area contributed by atoms with Crippen molar-refractivity contribution in [3.05, 3.63) is 58.1 Å². The second-order valence-electron chi connectivity index (χ2n) is 8.16. The van der Waals surface area contributed by atoms with Crippen LogP contribution in [0.3, 0.4) is 0 Å². The van der Waals surface area contributed by atoms with Crippen molar-refractivity contribution in [2.45, 2.75) is 33.1 Å². The second-order valence-corrected chi connectivity index (χ2v) is 9.42. The van der Waals surface area contributed by atoms with Crippen molar-refractivity contribution in [1.82, 2.24) is 10.2 Å². The Kier molecular flexibility index (Phi) is 8.64. The number of anilines is 1. The van der Waals surface area contributed by atoms with Crippen LogP contribution >= 0.6 is 28.1 Å². The fourth-order valence-electron chi connectivity index (χ4n) is 3.30. The molecule has 0 radical (unpaired) electrons. The van der Waals surface area contributed by atoms with Crippen LogP contribution in [0.1, 0.15) is 53.8 Å². The second kappa shape index (κ2) is 11.4. The Morgan fingerprint density at radius 1 is 1.09 bits per heavy atom. The van der Waals surface area contributed by atoms with Crippen LogP contribution in [0.15, 0.2) is 46.9 Å². The molecule has 6 nitrogen and oxygen atoms in total. The normalized spacial score (nSPS) is 13.2. The molecule has 0 aliphatic carbocycles. The van der Waals surface area contributed by atoms with E-state index >= 15 is 0 Å². The lowest BCUT2D eigenvalue weighted by Crippen LogP contribution is -2.34. The van der Waals surface area contributed by atoms with Crippen LogP contribution in [0.2, 0.25) is 0 Å². The molecular weight excluding hydrogens is 490 g/mol. The number of ether oxygens (including phenoxy) is 1. The highest BCUT2D eigenvalue weighted by atomic mass is 79.9. The smallest absolute Gasteiger partial charge is 0.257 e. The number of carbonyl (C=O) groups excluding carboxylic acids is 2. The van der Waals surface area contributed by atoms with E-state index in [0.29, 0.717) is 39.6 Å². The fourth-order valence-corrected chi connectivity index (χ4v) is 4.00. The number of benzene rings is 2. The number of amides is 2. The standard InChI is InChI=1S/C24H28BrN3O3S/c1-16(2)11-14-31-21-10-7-18(15-20(21)25)22(29)27-24(32)26-19-8-5-17(6-9-19)23(30)28-12-3-4-13-28/h5-10,15-16H,3-4,11-14H2,1-2H3,(H2,26,27,29,32). The first-order chi connectivity index (χ1) is 15.3. The van der Waals surface area contributed by atoms with Gasteiger partial charge in [-0.2, -0.15) is 0 Å². The number of thiocarbonyl (C=S) groups is 1. The van der Waals surface area contributed by atoms with Gasteiger partial charge in [0.2, 0.25) is 0 Å². The number of rotatable bonds is 7. The summed E-state index contributed by atoms with van der Waals surface area (Å²) in [7, 11) is 0. The largest absolute Gasteiger partial charge is 0.492 e. The Morgan fingerprint density at radius 2 is 1.75 bits per heavy atom. The van der Waals surface area contributed by atoms with Crippen molar-refractivity contribution < 1.29 is 14.3 Å². The van der Waals surface area contributed by atoms with Gasteiger partial charge in [-0.1, -0.05) is 13.8 Å². The SMILES string of the molecule is CC(C)CCOc1ccc(C(=O)NC(=S)Nc2ccc(C(=O)N3CCCC3)cc2)cc1Br. The monoisotopic (exact) mass is 517 g/mol. The Balaban J connectivity index is 1.52. The molecule has 0 unspecified atom stereocenters. The Labute approximate surface area is 202 Å². The average Bonchev–Trinajstić information content (AvgIpc) is 3.29. The summed E-state index contributed by atoms with van der Waals surface area (Å²) >= 11 is 8.73. The predicted molar refractivity (Wildman–Crippen MR) is 134 cm³/mol. The van der Waals surface area contributed by atoms with Crippen LogP contribution in [0.25, 0.3) is 0 Å². The van der Waals surface area contributed by atoms with Crippen LogP contribution in [0, 0.1) is 5.92 Å². The highest BCUT2D eigenvalue weighted by Gasteiger charge is 2.19. The van der Waals surface area contributed by atoms with Crippen LogP contribution in [-0.4, -0.2) is 41.5 Å². The van der Waals surface area contributed by atoms with E-state index in [-0.39, 0.29) is 16.9 Å². The quantitative estimate of drug-likeness (QED) is 0.491. The minimum atomic E-state index is -0.322. The zero-order valence-corrected chi connectivity index (χ0v) is 20.7. The van der Waals surface area contributed by atoms with Crippen molar-refractivity contribution in [1.29, 1.82) is 0 Å². The fraction of sp³-hybridized carbons (Fsp3) is 0.375. The molecule has 3 rings (SSSR count). The van der Waals surface area contributed by atoms with Gasteiger partial charge in [0.15, 0.2) is 5.11 Å². The van der Waals surface area contributed by atoms with Crippen LogP contribution < -0.4 is 15.4 Å². The van der Waals surface area contributed by atoms with Gasteiger partial charge < -0.3 is 15.0 Å². The van der Waals surface area contributed by atoms with Crippen LogP contribution in [0.4, 0.5) is 5.69 Å². The summed E-state index contributed by atoms with van der Waals surface area (Å²) in [6.45, 7) is 6.54. The van der Waals surface area contributed by atoms with E-state index in [1.807, 2.05) is 4.90 Å². The summed E-state index contributed by atoms with van der Waals surface area (Å²) in [5.41, 5.74) is 1.81. The maximum Gasteiger partial charge on any atom is 0.257 e. The van der Waals surface area contributed by atoms with Crippen molar-refractivity contribution in [3.63, 3.8) is 0 Å². The summed E-state index contributed by atoms with van der Waals surface area (Å²) in [6.07, 6.45) is 3.08. The molecule has 8 heteroatoms. The van der Waals surface area contributed by atoms with E-state index < -0.39 is 0 Å². The van der Waals surface area contributed by atoms with Gasteiger partial charge >= 0.3 is 0 Å². The first-order valence-electron chi connectivity index (χ1n) is 10.8. The zero-order valence-electron chi connectivity index (χ0n) is 18.3. The van der Waals surface area contributed by atoms with Gasteiger partial charge in [-0.05, 0) is 95.8 Å². The van der Waals surface area contributed by atoms with Crippen molar-refractivity contribution in [3.8, 4) is 5.75 Å². The Morgan fingerprint density at radius 3 is 2.38 bits per heavy atom. The highest BCUT2D eigenvalue weighted by molar-refractivity contribution is 9.10. The first-order valence-corrected chi connectivity index (χ1v) is 12.0. The molecule has 2 amide bonds. The minimum absolute atomic E-state index is 0.0483. The molecule has 1 heterocycles. The number of hydrogen-bond acceptors (Lipinski definition) is 4. The third-order valence-electron chi connectivity index (χ3n) is 5.16. The lowest BCUT2D eigenvalue weighted by Gasteiger charge is -2.15. The Hall–Kier alpha value is -2.45. The molecule has 0 atom stereocenters. The van der Waals surface area contributed by atoms with Gasteiger partial charge in [-0.15, -0.1) is 0 Å². The van der Waals surface area contributed by atoms with E-state index in [4.69, 9.17) is 17.0 Å². The topological polar surface area (TPSA) is 70.7 Å². The molecule has 1 aliphatic heterocycles. The lowest BCUT2D eigenvalue weighted by atomic mass is 10.1. The third kappa shape index (κ3) is 6.77. The van der Waals surface area contributed by atoms with Gasteiger partial charge in [0.1, 0.15) is 5.75 Å². The number of halogens is 1. The van der Waals surface area contributed by atoms with Crippen LogP contribution in [0.5, 0.6) is 5.75 Å². The number of nitrogens with one attached hydrogen (secondary N) is 2. The van der Waals surface area contributed by atoms with Gasteiger partial charge in [-0.25, -0.2) is 0 Å². The highest BCUT2D eigenvalue weighted by Crippen LogP contribution is 2.26. The van der Waals surface area contributed by atoms with Crippen molar-refractivity contribution in [2.75, 3.05) is 25.0 Å². The molecule has 170 valence electrons. The lowest BCUT2D eigenvalue weighted by molar-refractivity contribution is 0.0792. The maximum absolute atomic E-state index is 12.6. The summed E-state index contributed by atoms with van der Waals surface area (Å²) in [4.78, 5) is 26.9. The molecular formula is C24H28BrN3O3S. The summed E-state index contributed by atoms with van der Waals surface area (Å²) in [5, 5.41) is 5.84. The molecule has 0 spiro atoms. The molecule has 2 N–H and O–H groups in total. The summed E-state index contributed by atoms with van der Waals surface area (Å²) in [5.74, 6) is 0.991. The summed E-state index contributed by atoms with van der Waals surface area (Å²) < 4.78 is 6.47. The van der Waals surface area contributed by atoms with Crippen molar-refractivity contribution >= 4 is 50.8 Å². The number of hydrogen-bond donors (Lipinski definition) is 2. The Bertz CT molecular complexity index is 973. The van der Waals surface area contributed by atoms with E-state index in [1.165, 1.54) is 0 Å². The molecule has 0 saturated carbocycles. The van der Waals surface area contributed by atoms with Crippen LogP contribution in [-0.2, 0) is 0 Å². The molecule has 1 aliphatic rings. The first kappa shape index (κ1) is 24.2. The molecule has 32 heavy (non-hydrogen) atoms. The van der Waals surface area contributed by atoms with Gasteiger partial charge in [-0.3, -0.25) is 14.9 Å². The summed E-state index contributed by atoms with van der Waals surface area (Å²) in [6, 6.07) is 12.3. The van der Waals surface area contributed by atoms with Gasteiger partial charge in [0.05, 0.1) is 11.1 Å². The molecule has 2 aromatic carbocycles. The molecule has 0 aromatic heterocycles. The molecule has 0 bridgehead atoms. The van der Waals surface area contributed by atoms with E-state index in [0.717, 1.165) is 32.4 Å². The number of likely N-dealkylation sites (tertiary alicyclic amines) is 1. The maximum atomic E-state index is 12.6. The number of carbonyl (C=O) groups is 2. The third-order valence-corrected chi connectivity index (χ3v) is 5.98. The van der Waals surface area contributed by atoms with E-state index in [9.17, 15) is 9.59 Å². The predicted octanol–water partition coefficient (Wildman–Crippen LogP) is 5.24. The van der Waals surface area contributed by atoms with Crippen molar-refractivity contribution in [2.24, 2.45) is 5.92 Å². The number of nitrogens with zero attached hydrogens (tertiary/aromatic N) is 1. The molecule has 1 fully saturated rings.